The average molecular weight is 487 g/mol. The van der Waals surface area contributed by atoms with E-state index in [1.165, 1.54) is 177 Å². The van der Waals surface area contributed by atoms with E-state index in [0.717, 1.165) is 0 Å². The molecule has 32 heavy (non-hydrogen) atoms. The Balaban J connectivity index is 2.98. The van der Waals surface area contributed by atoms with E-state index in [0.29, 0.717) is 0 Å². The van der Waals surface area contributed by atoms with Gasteiger partial charge in [-0.1, -0.05) is 142 Å². The zero-order valence-corrected chi connectivity index (χ0v) is 24.2. The number of hydrogen-bond acceptors (Lipinski definition) is 2. The average Bonchev–Trinajstić information content (AvgIpc) is 2.81. The molecule has 0 fully saturated rings. The molecule has 0 aromatic rings. The smallest absolute Gasteiger partial charge is 0.00675 e. The molecule has 0 N–H and O–H groups in total. The van der Waals surface area contributed by atoms with Crippen LogP contribution in [0.25, 0.3) is 0 Å². The van der Waals surface area contributed by atoms with Crippen molar-refractivity contribution in [1.82, 2.24) is 0 Å². The second-order valence-electron chi connectivity index (χ2n) is 10.0. The summed E-state index contributed by atoms with van der Waals surface area (Å²) in [5, 5.41) is 0. The molecule has 2 heteroatoms. The number of unbranched alkanes of at least 4 members (excludes halogenated alkanes) is 21. The van der Waals surface area contributed by atoms with Crippen LogP contribution in [0.4, 0.5) is 0 Å². The summed E-state index contributed by atoms with van der Waals surface area (Å²) in [5.74, 6) is 5.63. The Morgan fingerprint density at radius 1 is 0.250 bits per heavy atom. The Kier molecular flexibility index (Phi) is 32.4. The lowest BCUT2D eigenvalue weighted by Crippen LogP contribution is -1.89. The maximum absolute atomic E-state index is 2.30. The van der Waals surface area contributed by atoms with Gasteiger partial charge in [-0.3, -0.25) is 0 Å². The van der Waals surface area contributed by atoms with E-state index in [1.54, 1.807) is 0 Å². The molecule has 194 valence electrons. The summed E-state index contributed by atoms with van der Waals surface area (Å²) in [6, 6.07) is 0. The normalized spacial score (nSPS) is 11.4. The molecule has 0 bridgehead atoms. The van der Waals surface area contributed by atoms with Crippen molar-refractivity contribution in [2.45, 2.75) is 168 Å². The van der Waals surface area contributed by atoms with Crippen molar-refractivity contribution in [3.63, 3.8) is 0 Å². The quantitative estimate of drug-likeness (QED) is 0.0964. The minimum absolute atomic E-state index is 1.37. The van der Waals surface area contributed by atoms with E-state index in [-0.39, 0.29) is 0 Å². The van der Waals surface area contributed by atoms with Crippen molar-refractivity contribution in [3.05, 3.63) is 0 Å². The Morgan fingerprint density at radius 3 is 0.656 bits per heavy atom. The lowest BCUT2D eigenvalue weighted by atomic mass is 10.1. The van der Waals surface area contributed by atoms with Crippen LogP contribution in [0.1, 0.15) is 168 Å². The molecule has 0 amide bonds. The highest BCUT2D eigenvalue weighted by molar-refractivity contribution is 7.99. The highest BCUT2D eigenvalue weighted by atomic mass is 32.2. The summed E-state index contributed by atoms with van der Waals surface area (Å²) in [5.41, 5.74) is 0. The molecule has 0 saturated heterocycles. The zero-order valence-electron chi connectivity index (χ0n) is 22.6. The predicted octanol–water partition coefficient (Wildman–Crippen LogP) is 11.9. The van der Waals surface area contributed by atoms with Gasteiger partial charge in [0, 0.05) is 0 Å². The summed E-state index contributed by atoms with van der Waals surface area (Å²) < 4.78 is 0. The Bertz CT molecular complexity index is 275. The van der Waals surface area contributed by atoms with Crippen LogP contribution in [0.3, 0.4) is 0 Å². The van der Waals surface area contributed by atoms with Gasteiger partial charge >= 0.3 is 0 Å². The van der Waals surface area contributed by atoms with E-state index in [1.807, 2.05) is 0 Å². The summed E-state index contributed by atoms with van der Waals surface area (Å²) in [4.78, 5) is 0. The first-order valence-corrected chi connectivity index (χ1v) is 17.4. The fraction of sp³-hybridized carbons (Fsp3) is 1.00. The molecule has 0 aliphatic carbocycles. The van der Waals surface area contributed by atoms with Gasteiger partial charge in [0.25, 0.3) is 0 Å². The van der Waals surface area contributed by atoms with Crippen molar-refractivity contribution in [2.75, 3.05) is 23.0 Å². The van der Waals surface area contributed by atoms with Crippen LogP contribution in [-0.4, -0.2) is 23.0 Å². The van der Waals surface area contributed by atoms with E-state index in [2.05, 4.69) is 37.4 Å². The van der Waals surface area contributed by atoms with Crippen molar-refractivity contribution < 1.29 is 0 Å². The van der Waals surface area contributed by atoms with Gasteiger partial charge in [0.2, 0.25) is 0 Å². The van der Waals surface area contributed by atoms with E-state index in [4.69, 9.17) is 0 Å². The third kappa shape index (κ3) is 30.7. The highest BCUT2D eigenvalue weighted by Crippen LogP contribution is 2.16. The van der Waals surface area contributed by atoms with Crippen LogP contribution in [0.15, 0.2) is 0 Å². The van der Waals surface area contributed by atoms with Crippen molar-refractivity contribution in [1.29, 1.82) is 0 Å². The Morgan fingerprint density at radius 2 is 0.438 bits per heavy atom. The van der Waals surface area contributed by atoms with Gasteiger partial charge in [-0.05, 0) is 48.7 Å². The van der Waals surface area contributed by atoms with Crippen LogP contribution >= 0.6 is 23.5 Å². The van der Waals surface area contributed by atoms with Gasteiger partial charge in [0.1, 0.15) is 0 Å². The fourth-order valence-corrected chi connectivity index (χ4v) is 6.39. The van der Waals surface area contributed by atoms with Crippen molar-refractivity contribution >= 4 is 23.5 Å². The molecule has 0 heterocycles. The number of hydrogen-bond donors (Lipinski definition) is 0. The number of thioether (sulfide) groups is 2. The summed E-state index contributed by atoms with van der Waals surface area (Å²) in [6.07, 6.45) is 35.0. The first kappa shape index (κ1) is 32.7. The monoisotopic (exact) mass is 486 g/mol. The Hall–Kier alpha value is 0.700. The topological polar surface area (TPSA) is 0 Å². The van der Waals surface area contributed by atoms with Gasteiger partial charge in [0.05, 0.1) is 0 Å². The number of rotatable bonds is 29. The van der Waals surface area contributed by atoms with Crippen molar-refractivity contribution in [3.8, 4) is 0 Å². The second-order valence-corrected chi connectivity index (χ2v) is 12.5. The van der Waals surface area contributed by atoms with E-state index < -0.39 is 0 Å². The first-order chi connectivity index (χ1) is 15.9. The largest absolute Gasteiger partial charge is 0.162 e. The minimum atomic E-state index is 1.37. The minimum Gasteiger partial charge on any atom is -0.162 e. The molecule has 0 rings (SSSR count). The summed E-state index contributed by atoms with van der Waals surface area (Å²) in [6.45, 7) is 4.61. The fourth-order valence-electron chi connectivity index (χ4n) is 4.35. The molecule has 0 atom stereocenters. The molecular weight excluding hydrogens is 424 g/mol. The van der Waals surface area contributed by atoms with Gasteiger partial charge < -0.3 is 0 Å². The lowest BCUT2D eigenvalue weighted by Gasteiger charge is -2.04. The van der Waals surface area contributed by atoms with E-state index in [9.17, 15) is 0 Å². The summed E-state index contributed by atoms with van der Waals surface area (Å²) in [7, 11) is 0. The third-order valence-corrected chi connectivity index (χ3v) is 8.92. The standard InChI is InChI=1S/C30H62S2/c1-3-5-7-9-11-13-15-17-19-23-27-31-29-25-21-22-26-30-32-28-24-20-18-16-14-12-10-8-6-4-2/h3-30H2,1-2H3. The van der Waals surface area contributed by atoms with Crippen molar-refractivity contribution in [2.24, 2.45) is 0 Å². The van der Waals surface area contributed by atoms with Crippen LogP contribution in [0, 0.1) is 0 Å². The third-order valence-electron chi connectivity index (χ3n) is 6.61. The van der Waals surface area contributed by atoms with E-state index >= 15 is 0 Å². The molecule has 0 saturated carbocycles. The van der Waals surface area contributed by atoms with Crippen LogP contribution in [0.5, 0.6) is 0 Å². The van der Waals surface area contributed by atoms with Gasteiger partial charge in [-0.15, -0.1) is 0 Å². The molecule has 0 nitrogen and oxygen atoms in total. The summed E-state index contributed by atoms with van der Waals surface area (Å²) >= 11 is 4.43. The molecule has 0 aliphatic rings. The Labute approximate surface area is 214 Å². The van der Waals surface area contributed by atoms with Gasteiger partial charge in [0.15, 0.2) is 0 Å². The second kappa shape index (κ2) is 31.7. The highest BCUT2D eigenvalue weighted by Gasteiger charge is 1.96. The molecular formula is C30H62S2. The van der Waals surface area contributed by atoms with Crippen LogP contribution < -0.4 is 0 Å². The first-order valence-electron chi connectivity index (χ1n) is 15.1. The maximum Gasteiger partial charge on any atom is -0.00675 e. The van der Waals surface area contributed by atoms with Crippen LogP contribution in [0.2, 0.25) is 0 Å². The van der Waals surface area contributed by atoms with Gasteiger partial charge in [-0.25, -0.2) is 0 Å². The maximum atomic E-state index is 2.30. The molecule has 0 aliphatic heterocycles. The molecule has 0 aromatic heterocycles. The molecule has 0 spiro atoms. The zero-order chi connectivity index (χ0) is 23.2. The molecule has 0 unspecified atom stereocenters. The molecule has 0 radical (unpaired) electrons. The predicted molar refractivity (Wildman–Crippen MR) is 157 cm³/mol. The SMILES string of the molecule is CCCCCCCCCCCCSCCCCCCSCCCCCCCCCCCC. The van der Waals surface area contributed by atoms with Gasteiger partial charge in [-0.2, -0.15) is 23.5 Å². The molecule has 0 aromatic carbocycles. The lowest BCUT2D eigenvalue weighted by molar-refractivity contribution is 0.563. The van der Waals surface area contributed by atoms with Crippen LogP contribution in [-0.2, 0) is 0 Å².